The van der Waals surface area contributed by atoms with Gasteiger partial charge in [-0.2, -0.15) is 0 Å². The molecule has 2 aromatic carbocycles. The van der Waals surface area contributed by atoms with E-state index in [1.54, 1.807) is 0 Å². The van der Waals surface area contributed by atoms with E-state index in [-0.39, 0.29) is 18.1 Å². The van der Waals surface area contributed by atoms with Crippen LogP contribution in [0.15, 0.2) is 24.3 Å². The number of benzene rings is 2. The van der Waals surface area contributed by atoms with Gasteiger partial charge >= 0.3 is 0 Å². The van der Waals surface area contributed by atoms with Crippen molar-refractivity contribution in [3.63, 3.8) is 0 Å². The third-order valence-electron chi connectivity index (χ3n) is 4.66. The Hall–Kier alpha value is -2.05. The van der Waals surface area contributed by atoms with Crippen LogP contribution in [0.4, 0.5) is 13.2 Å². The van der Waals surface area contributed by atoms with Gasteiger partial charge < -0.3 is 14.8 Å². The van der Waals surface area contributed by atoms with Crippen LogP contribution in [-0.2, 0) is 11.2 Å². The summed E-state index contributed by atoms with van der Waals surface area (Å²) in [4.78, 5) is 0. The highest BCUT2D eigenvalue weighted by Gasteiger charge is 2.17. The molecule has 0 bridgehead atoms. The normalized spacial score (nSPS) is 17.1. The van der Waals surface area contributed by atoms with Gasteiger partial charge in [-0.1, -0.05) is 17.7 Å². The molecule has 0 amide bonds. The number of halogens is 3. The number of aryl methyl sites for hydroxylation is 2. The first kappa shape index (κ1) is 19.7. The highest BCUT2D eigenvalue weighted by Crippen LogP contribution is 2.29. The van der Waals surface area contributed by atoms with E-state index < -0.39 is 17.5 Å². The average Bonchev–Trinajstić information content (AvgIpc) is 2.62. The molecular weight excluding hydrogens is 355 g/mol. The van der Waals surface area contributed by atoms with Crippen LogP contribution >= 0.6 is 0 Å². The number of hydrogen-bond acceptors (Lipinski definition) is 3. The molecule has 146 valence electrons. The second kappa shape index (κ2) is 8.76. The molecule has 0 saturated carbocycles. The Morgan fingerprint density at radius 3 is 2.56 bits per heavy atom. The van der Waals surface area contributed by atoms with Crippen molar-refractivity contribution in [3.8, 4) is 5.75 Å². The molecule has 0 radical (unpaired) electrons. The van der Waals surface area contributed by atoms with E-state index >= 15 is 0 Å². The summed E-state index contributed by atoms with van der Waals surface area (Å²) in [6, 6.07) is 5.37. The van der Waals surface area contributed by atoms with Crippen LogP contribution in [0.5, 0.6) is 5.75 Å². The van der Waals surface area contributed by atoms with Crippen LogP contribution < -0.4 is 10.1 Å². The van der Waals surface area contributed by atoms with Crippen molar-refractivity contribution in [3.05, 3.63) is 64.0 Å². The topological polar surface area (TPSA) is 30.5 Å². The standard InChI is InChI=1S/C21H24F3NO2/c1-13-7-14(2)21(27-5-3-17-12-25-4-6-26-17)16(8-13)9-15-10-19(23)20(24)11-18(15)22/h7-8,10-11,17,25H,3-6,9,12H2,1-2H3. The summed E-state index contributed by atoms with van der Waals surface area (Å²) in [7, 11) is 0. The monoisotopic (exact) mass is 379 g/mol. The average molecular weight is 379 g/mol. The van der Waals surface area contributed by atoms with Crippen LogP contribution in [0, 0.1) is 31.3 Å². The van der Waals surface area contributed by atoms with Gasteiger partial charge in [-0.25, -0.2) is 13.2 Å². The SMILES string of the molecule is Cc1cc(C)c(OCCC2CNCCO2)c(Cc2cc(F)c(F)cc2F)c1. The number of hydrogen-bond donors (Lipinski definition) is 1. The van der Waals surface area contributed by atoms with Crippen molar-refractivity contribution < 1.29 is 22.6 Å². The summed E-state index contributed by atoms with van der Waals surface area (Å²) in [5.41, 5.74) is 2.77. The molecule has 1 unspecified atom stereocenters. The van der Waals surface area contributed by atoms with Crippen molar-refractivity contribution >= 4 is 0 Å². The molecule has 27 heavy (non-hydrogen) atoms. The largest absolute Gasteiger partial charge is 0.493 e. The summed E-state index contributed by atoms with van der Waals surface area (Å²) < 4.78 is 52.5. The Bertz CT molecular complexity index is 804. The van der Waals surface area contributed by atoms with Crippen molar-refractivity contribution in [2.45, 2.75) is 32.8 Å². The first-order valence-corrected chi connectivity index (χ1v) is 9.12. The predicted molar refractivity (Wildman–Crippen MR) is 97.8 cm³/mol. The quantitative estimate of drug-likeness (QED) is 0.768. The molecular formula is C21H24F3NO2. The molecule has 1 heterocycles. The highest BCUT2D eigenvalue weighted by molar-refractivity contribution is 5.46. The van der Waals surface area contributed by atoms with E-state index in [9.17, 15) is 13.2 Å². The maximum atomic E-state index is 14.1. The molecule has 0 aliphatic carbocycles. The fraction of sp³-hybridized carbons (Fsp3) is 0.429. The van der Waals surface area contributed by atoms with Gasteiger partial charge in [0.05, 0.1) is 19.3 Å². The third kappa shape index (κ3) is 5.02. The van der Waals surface area contributed by atoms with Crippen LogP contribution in [0.1, 0.15) is 28.7 Å². The number of nitrogens with one attached hydrogen (secondary N) is 1. The summed E-state index contributed by atoms with van der Waals surface area (Å²) >= 11 is 0. The van der Waals surface area contributed by atoms with Gasteiger partial charge in [-0.3, -0.25) is 0 Å². The summed E-state index contributed by atoms with van der Waals surface area (Å²) in [6.45, 7) is 6.66. The molecule has 1 aliphatic heterocycles. The van der Waals surface area contributed by atoms with Crippen LogP contribution in [0.3, 0.4) is 0 Å². The minimum atomic E-state index is -1.19. The second-order valence-electron chi connectivity index (χ2n) is 6.94. The minimum Gasteiger partial charge on any atom is -0.493 e. The van der Waals surface area contributed by atoms with E-state index in [0.717, 1.165) is 42.3 Å². The number of ether oxygens (including phenoxy) is 2. The molecule has 3 nitrogen and oxygen atoms in total. The number of morpholine rings is 1. The molecule has 1 saturated heterocycles. The zero-order valence-corrected chi connectivity index (χ0v) is 15.6. The fourth-order valence-electron chi connectivity index (χ4n) is 3.38. The van der Waals surface area contributed by atoms with E-state index in [1.807, 2.05) is 26.0 Å². The van der Waals surface area contributed by atoms with E-state index in [0.29, 0.717) is 25.0 Å². The maximum Gasteiger partial charge on any atom is 0.161 e. The van der Waals surface area contributed by atoms with E-state index in [2.05, 4.69) is 5.32 Å². The first-order valence-electron chi connectivity index (χ1n) is 9.12. The first-order chi connectivity index (χ1) is 12.9. The lowest BCUT2D eigenvalue weighted by atomic mass is 9.98. The molecule has 1 aliphatic rings. The van der Waals surface area contributed by atoms with Gasteiger partial charge in [0, 0.05) is 32.0 Å². The number of rotatable bonds is 6. The van der Waals surface area contributed by atoms with Gasteiger partial charge in [0.2, 0.25) is 0 Å². The summed E-state index contributed by atoms with van der Waals surface area (Å²) in [5.74, 6) is -2.34. The van der Waals surface area contributed by atoms with Crippen LogP contribution in [0.25, 0.3) is 0 Å². The van der Waals surface area contributed by atoms with E-state index in [1.165, 1.54) is 0 Å². The van der Waals surface area contributed by atoms with Gasteiger partial charge in [-0.15, -0.1) is 0 Å². The lowest BCUT2D eigenvalue weighted by molar-refractivity contribution is 0.0158. The molecule has 1 fully saturated rings. The lowest BCUT2D eigenvalue weighted by Gasteiger charge is -2.24. The van der Waals surface area contributed by atoms with Gasteiger partial charge in [0.25, 0.3) is 0 Å². The molecule has 1 atom stereocenters. The van der Waals surface area contributed by atoms with Crippen molar-refractivity contribution in [2.75, 3.05) is 26.3 Å². The fourth-order valence-corrected chi connectivity index (χ4v) is 3.38. The molecule has 0 aromatic heterocycles. The summed E-state index contributed by atoms with van der Waals surface area (Å²) in [5, 5.41) is 3.27. The molecule has 1 N–H and O–H groups in total. The predicted octanol–water partition coefficient (Wildman–Crippen LogP) is 4.07. The Morgan fingerprint density at radius 1 is 1.04 bits per heavy atom. The minimum absolute atomic E-state index is 0.101. The Kier molecular flexibility index (Phi) is 6.39. The second-order valence-corrected chi connectivity index (χ2v) is 6.94. The molecule has 6 heteroatoms. The maximum absolute atomic E-state index is 14.1. The smallest absolute Gasteiger partial charge is 0.161 e. The highest BCUT2D eigenvalue weighted by atomic mass is 19.2. The van der Waals surface area contributed by atoms with Crippen LogP contribution in [0.2, 0.25) is 0 Å². The van der Waals surface area contributed by atoms with Gasteiger partial charge in [0.15, 0.2) is 11.6 Å². The summed E-state index contributed by atoms with van der Waals surface area (Å²) in [6.07, 6.45) is 0.971. The van der Waals surface area contributed by atoms with Crippen molar-refractivity contribution in [2.24, 2.45) is 0 Å². The van der Waals surface area contributed by atoms with Crippen LogP contribution in [-0.4, -0.2) is 32.4 Å². The van der Waals surface area contributed by atoms with Crippen molar-refractivity contribution in [1.82, 2.24) is 5.32 Å². The van der Waals surface area contributed by atoms with E-state index in [4.69, 9.17) is 9.47 Å². The molecule has 3 rings (SSSR count). The molecule has 0 spiro atoms. The lowest BCUT2D eigenvalue weighted by Crippen LogP contribution is -2.39. The Balaban J connectivity index is 1.77. The Labute approximate surface area is 157 Å². The van der Waals surface area contributed by atoms with Crippen molar-refractivity contribution in [1.29, 1.82) is 0 Å². The zero-order valence-electron chi connectivity index (χ0n) is 15.6. The van der Waals surface area contributed by atoms with Gasteiger partial charge in [-0.05, 0) is 36.6 Å². The zero-order chi connectivity index (χ0) is 19.4. The van der Waals surface area contributed by atoms with Gasteiger partial charge in [0.1, 0.15) is 11.6 Å². The molecule has 2 aromatic rings. The Morgan fingerprint density at radius 2 is 1.81 bits per heavy atom. The third-order valence-corrected chi connectivity index (χ3v) is 4.66.